The topological polar surface area (TPSA) is 72.0 Å². The molecule has 0 atom stereocenters. The third-order valence-electron chi connectivity index (χ3n) is 1.69. The van der Waals surface area contributed by atoms with Crippen LogP contribution < -0.4 is 4.72 Å². The van der Waals surface area contributed by atoms with Crippen LogP contribution in [0.5, 0.6) is 0 Å². The van der Waals surface area contributed by atoms with E-state index in [-0.39, 0.29) is 16.7 Å². The van der Waals surface area contributed by atoms with Crippen LogP contribution in [0.2, 0.25) is 5.15 Å². The van der Waals surface area contributed by atoms with Gasteiger partial charge in [0.1, 0.15) is 0 Å². The Labute approximate surface area is 104 Å². The molecule has 0 amide bonds. The number of nitrogens with one attached hydrogen (secondary N) is 1. The van der Waals surface area contributed by atoms with Crippen molar-refractivity contribution < 1.29 is 8.42 Å². The molecular weight excluding hydrogens is 273 g/mol. The Morgan fingerprint density at radius 2 is 2.00 bits per heavy atom. The van der Waals surface area contributed by atoms with Gasteiger partial charge in [-0.25, -0.2) is 8.42 Å². The van der Waals surface area contributed by atoms with Gasteiger partial charge in [0.15, 0.2) is 11.0 Å². The number of alkyl halides is 1. The number of unbranched alkanes of at least 4 members (excludes halogenated alkanes) is 1. The smallest absolute Gasteiger partial charge is 0.233 e. The molecule has 0 unspecified atom stereocenters. The zero-order valence-corrected chi connectivity index (χ0v) is 10.7. The van der Waals surface area contributed by atoms with Crippen molar-refractivity contribution in [3.63, 3.8) is 0 Å². The summed E-state index contributed by atoms with van der Waals surface area (Å²) in [6, 6.07) is 2.92. The Balaban J connectivity index is 2.55. The predicted molar refractivity (Wildman–Crippen MR) is 64.4 cm³/mol. The highest BCUT2D eigenvalue weighted by atomic mass is 35.5. The number of halogens is 2. The van der Waals surface area contributed by atoms with Crippen molar-refractivity contribution >= 4 is 39.0 Å². The lowest BCUT2D eigenvalue weighted by atomic mass is 10.4. The molecule has 0 aliphatic carbocycles. The van der Waals surface area contributed by atoms with Crippen LogP contribution in [-0.2, 0) is 10.0 Å². The number of rotatable bonds is 6. The van der Waals surface area contributed by atoms with Crippen LogP contribution >= 0.6 is 23.2 Å². The predicted octanol–water partition coefficient (Wildman–Crippen LogP) is 1.89. The molecule has 1 heterocycles. The van der Waals surface area contributed by atoms with Gasteiger partial charge < -0.3 is 0 Å². The van der Waals surface area contributed by atoms with E-state index in [1.807, 2.05) is 0 Å². The van der Waals surface area contributed by atoms with Crippen LogP contribution in [0.15, 0.2) is 12.1 Å². The van der Waals surface area contributed by atoms with Crippen LogP contribution in [0.1, 0.15) is 12.8 Å². The largest absolute Gasteiger partial charge is 0.266 e. The summed E-state index contributed by atoms with van der Waals surface area (Å²) in [6.45, 7) is 0. The van der Waals surface area contributed by atoms with E-state index in [9.17, 15) is 8.42 Å². The second kappa shape index (κ2) is 6.22. The third kappa shape index (κ3) is 4.96. The number of hydrogen-bond donors (Lipinski definition) is 1. The SMILES string of the molecule is O=S(=O)(CCCCCl)Nc1ccc(Cl)nn1. The molecule has 0 radical (unpaired) electrons. The second-order valence-electron chi connectivity index (χ2n) is 3.06. The Hall–Kier alpha value is -0.590. The summed E-state index contributed by atoms with van der Waals surface area (Å²) >= 11 is 11.0. The van der Waals surface area contributed by atoms with Gasteiger partial charge in [0.2, 0.25) is 10.0 Å². The summed E-state index contributed by atoms with van der Waals surface area (Å²) in [5.41, 5.74) is 0. The Morgan fingerprint density at radius 1 is 1.25 bits per heavy atom. The minimum absolute atomic E-state index is 0.0179. The molecule has 0 aromatic carbocycles. The molecule has 0 aliphatic rings. The normalized spacial score (nSPS) is 11.4. The van der Waals surface area contributed by atoms with Crippen molar-refractivity contribution in [2.24, 2.45) is 0 Å². The van der Waals surface area contributed by atoms with E-state index >= 15 is 0 Å². The fourth-order valence-electron chi connectivity index (χ4n) is 0.967. The van der Waals surface area contributed by atoms with Crippen LogP contribution in [0, 0.1) is 0 Å². The maximum absolute atomic E-state index is 11.5. The molecular formula is C8H11Cl2N3O2S. The number of sulfonamides is 1. The molecule has 5 nitrogen and oxygen atoms in total. The Kier molecular flexibility index (Phi) is 5.24. The van der Waals surface area contributed by atoms with Crippen molar-refractivity contribution in [2.75, 3.05) is 16.4 Å². The van der Waals surface area contributed by atoms with Gasteiger partial charge in [0.05, 0.1) is 5.75 Å². The standard InChI is InChI=1S/C8H11Cl2N3O2S/c9-5-1-2-6-16(14,15)13-8-4-3-7(10)11-12-8/h3-4H,1-2,5-6H2,(H,12,13). The van der Waals surface area contributed by atoms with E-state index in [1.54, 1.807) is 0 Å². The van der Waals surface area contributed by atoms with Crippen LogP contribution in [-0.4, -0.2) is 30.2 Å². The molecule has 90 valence electrons. The lowest BCUT2D eigenvalue weighted by Gasteiger charge is -2.05. The molecule has 1 rings (SSSR count). The lowest BCUT2D eigenvalue weighted by Crippen LogP contribution is -2.17. The monoisotopic (exact) mass is 283 g/mol. The molecule has 16 heavy (non-hydrogen) atoms. The summed E-state index contributed by atoms with van der Waals surface area (Å²) in [5, 5.41) is 7.33. The molecule has 8 heteroatoms. The first kappa shape index (κ1) is 13.5. The molecule has 1 aromatic heterocycles. The van der Waals surface area contributed by atoms with Gasteiger partial charge in [-0.1, -0.05) is 11.6 Å². The van der Waals surface area contributed by atoms with E-state index < -0.39 is 10.0 Å². The molecule has 0 saturated heterocycles. The fourth-order valence-corrected chi connectivity index (χ4v) is 2.37. The minimum Gasteiger partial charge on any atom is -0.266 e. The molecule has 0 bridgehead atoms. The maximum atomic E-state index is 11.5. The summed E-state index contributed by atoms with van der Waals surface area (Å²) in [7, 11) is -3.37. The van der Waals surface area contributed by atoms with Crippen molar-refractivity contribution in [2.45, 2.75) is 12.8 Å². The van der Waals surface area contributed by atoms with Crippen LogP contribution in [0.3, 0.4) is 0 Å². The van der Waals surface area contributed by atoms with Crippen molar-refractivity contribution in [1.29, 1.82) is 0 Å². The summed E-state index contributed by atoms with van der Waals surface area (Å²) in [6.07, 6.45) is 1.18. The second-order valence-corrected chi connectivity index (χ2v) is 5.67. The molecule has 1 N–H and O–H groups in total. The van der Waals surface area contributed by atoms with Gasteiger partial charge in [-0.2, -0.15) is 0 Å². The van der Waals surface area contributed by atoms with Gasteiger partial charge in [-0.05, 0) is 25.0 Å². The van der Waals surface area contributed by atoms with Gasteiger partial charge in [0.25, 0.3) is 0 Å². The zero-order valence-electron chi connectivity index (χ0n) is 8.36. The molecule has 0 spiro atoms. The number of nitrogens with zero attached hydrogens (tertiary/aromatic N) is 2. The Bertz CT molecular complexity index is 421. The average Bonchev–Trinajstić information content (AvgIpc) is 2.21. The lowest BCUT2D eigenvalue weighted by molar-refractivity contribution is 0.597. The van der Waals surface area contributed by atoms with Crippen molar-refractivity contribution in [1.82, 2.24) is 10.2 Å². The van der Waals surface area contributed by atoms with E-state index in [2.05, 4.69) is 14.9 Å². The average molecular weight is 284 g/mol. The molecule has 0 aliphatic heterocycles. The summed E-state index contributed by atoms with van der Waals surface area (Å²) in [4.78, 5) is 0. The molecule has 0 saturated carbocycles. The van der Waals surface area contributed by atoms with E-state index in [0.717, 1.165) is 0 Å². The number of anilines is 1. The zero-order chi connectivity index (χ0) is 12.0. The first-order chi connectivity index (χ1) is 7.53. The fraction of sp³-hybridized carbons (Fsp3) is 0.500. The van der Waals surface area contributed by atoms with Crippen molar-refractivity contribution in [3.05, 3.63) is 17.3 Å². The number of aromatic nitrogens is 2. The summed E-state index contributed by atoms with van der Waals surface area (Å²) in [5.74, 6) is 0.635. The van der Waals surface area contributed by atoms with E-state index in [4.69, 9.17) is 23.2 Å². The first-order valence-electron chi connectivity index (χ1n) is 4.59. The minimum atomic E-state index is -3.37. The third-order valence-corrected chi connectivity index (χ3v) is 3.50. The quantitative estimate of drug-likeness (QED) is 0.639. The van der Waals surface area contributed by atoms with Crippen LogP contribution in [0.4, 0.5) is 5.82 Å². The van der Waals surface area contributed by atoms with E-state index in [0.29, 0.717) is 18.7 Å². The van der Waals surface area contributed by atoms with E-state index in [1.165, 1.54) is 12.1 Å². The molecule has 0 fully saturated rings. The summed E-state index contributed by atoms with van der Waals surface area (Å²) < 4.78 is 25.3. The highest BCUT2D eigenvalue weighted by Gasteiger charge is 2.10. The first-order valence-corrected chi connectivity index (χ1v) is 7.16. The van der Waals surface area contributed by atoms with Gasteiger partial charge in [0, 0.05) is 5.88 Å². The highest BCUT2D eigenvalue weighted by molar-refractivity contribution is 7.92. The number of hydrogen-bond acceptors (Lipinski definition) is 4. The van der Waals surface area contributed by atoms with Gasteiger partial charge in [-0.15, -0.1) is 21.8 Å². The van der Waals surface area contributed by atoms with Crippen LogP contribution in [0.25, 0.3) is 0 Å². The Morgan fingerprint density at radius 3 is 2.56 bits per heavy atom. The van der Waals surface area contributed by atoms with Crippen molar-refractivity contribution in [3.8, 4) is 0 Å². The van der Waals surface area contributed by atoms with Gasteiger partial charge in [-0.3, -0.25) is 4.72 Å². The maximum Gasteiger partial charge on any atom is 0.233 e. The van der Waals surface area contributed by atoms with Gasteiger partial charge >= 0.3 is 0 Å². The highest BCUT2D eigenvalue weighted by Crippen LogP contribution is 2.08. The molecule has 1 aromatic rings.